The molecule has 4 rings (SSSR count). The van der Waals surface area contributed by atoms with Crippen LogP contribution in [0.25, 0.3) is 0 Å². The summed E-state index contributed by atoms with van der Waals surface area (Å²) in [4.78, 5) is 12.8. The van der Waals surface area contributed by atoms with Crippen molar-refractivity contribution < 1.29 is 24.1 Å². The van der Waals surface area contributed by atoms with Gasteiger partial charge >= 0.3 is 6.03 Å². The highest BCUT2D eigenvalue weighted by atomic mass is 32.2. The molecule has 0 saturated carbocycles. The van der Waals surface area contributed by atoms with Crippen molar-refractivity contribution in [2.24, 2.45) is 5.92 Å². The van der Waals surface area contributed by atoms with Crippen molar-refractivity contribution in [1.29, 1.82) is 0 Å². The fourth-order valence-corrected chi connectivity index (χ4v) is 5.61. The third kappa shape index (κ3) is 7.08. The van der Waals surface area contributed by atoms with Gasteiger partial charge in [0.05, 0.1) is 25.9 Å². The number of carbonyl (C=O) groups excluding carboxylic acids is 1. The number of carbonyl (C=O) groups is 1. The molecule has 0 radical (unpaired) electrons. The first-order chi connectivity index (χ1) is 18.5. The molecule has 1 saturated heterocycles. The Balaban J connectivity index is 1.52. The Hall–Kier alpha value is -3.04. The van der Waals surface area contributed by atoms with Gasteiger partial charge in [-0.25, -0.2) is 4.79 Å². The summed E-state index contributed by atoms with van der Waals surface area (Å²) in [5.41, 5.74) is 3.83. The van der Waals surface area contributed by atoms with Crippen LogP contribution in [0.4, 0.5) is 4.79 Å². The van der Waals surface area contributed by atoms with Gasteiger partial charge < -0.3 is 30.0 Å². The first-order valence-corrected chi connectivity index (χ1v) is 13.9. The van der Waals surface area contributed by atoms with E-state index < -0.39 is 6.29 Å². The lowest BCUT2D eigenvalue weighted by molar-refractivity contribution is -0.268. The highest BCUT2D eigenvalue weighted by Gasteiger charge is 2.38. The lowest BCUT2D eigenvalue weighted by Crippen LogP contribution is -2.38. The third-order valence-electron chi connectivity index (χ3n) is 6.64. The van der Waals surface area contributed by atoms with Crippen LogP contribution in [0.15, 0.2) is 77.7 Å². The summed E-state index contributed by atoms with van der Waals surface area (Å²) in [6, 6.07) is 23.7. The molecule has 3 aromatic carbocycles. The van der Waals surface area contributed by atoms with Gasteiger partial charge in [-0.1, -0.05) is 67.6 Å². The molecule has 3 N–H and O–H groups in total. The minimum atomic E-state index is -0.539. The maximum Gasteiger partial charge on any atom is 0.315 e. The Morgan fingerprint density at radius 2 is 1.63 bits per heavy atom. The van der Waals surface area contributed by atoms with Crippen molar-refractivity contribution in [3.63, 3.8) is 0 Å². The predicted molar refractivity (Wildman–Crippen MR) is 149 cm³/mol. The minimum Gasteiger partial charge on any atom is -0.496 e. The molecule has 0 spiro atoms. The van der Waals surface area contributed by atoms with Gasteiger partial charge in [-0.3, -0.25) is 0 Å². The van der Waals surface area contributed by atoms with E-state index in [0.29, 0.717) is 13.1 Å². The van der Waals surface area contributed by atoms with Gasteiger partial charge in [0.2, 0.25) is 0 Å². The Kier molecular flexibility index (Phi) is 10.1. The monoisotopic (exact) mass is 536 g/mol. The van der Waals surface area contributed by atoms with Crippen LogP contribution in [0.1, 0.15) is 48.5 Å². The average molecular weight is 537 g/mol. The molecule has 1 fully saturated rings. The Morgan fingerprint density at radius 3 is 2.32 bits per heavy atom. The van der Waals surface area contributed by atoms with Gasteiger partial charge in [-0.2, -0.15) is 0 Å². The van der Waals surface area contributed by atoms with E-state index in [2.05, 4.69) is 23.6 Å². The van der Waals surface area contributed by atoms with Gasteiger partial charge in [0.15, 0.2) is 6.29 Å². The molecular formula is C30H36N2O5S. The number of para-hydroxylation sites is 1. The van der Waals surface area contributed by atoms with E-state index in [1.54, 1.807) is 18.9 Å². The number of aliphatic hydroxyl groups excluding tert-OH is 1. The molecule has 1 aliphatic heterocycles. The molecule has 0 aliphatic carbocycles. The van der Waals surface area contributed by atoms with Crippen LogP contribution in [0, 0.1) is 5.92 Å². The maximum absolute atomic E-state index is 11.7. The van der Waals surface area contributed by atoms with E-state index in [9.17, 15) is 9.90 Å². The lowest BCUT2D eigenvalue weighted by atomic mass is 9.91. The Labute approximate surface area is 228 Å². The van der Waals surface area contributed by atoms with Crippen molar-refractivity contribution in [1.82, 2.24) is 10.6 Å². The number of hydrogen-bond donors (Lipinski definition) is 3. The number of benzene rings is 3. The van der Waals surface area contributed by atoms with Crippen LogP contribution in [0.2, 0.25) is 0 Å². The zero-order chi connectivity index (χ0) is 26.9. The second-order valence-corrected chi connectivity index (χ2v) is 10.3. The van der Waals surface area contributed by atoms with Gasteiger partial charge in [0.1, 0.15) is 5.75 Å². The quantitative estimate of drug-likeness (QED) is 0.293. The Bertz CT molecular complexity index is 1170. The summed E-state index contributed by atoms with van der Waals surface area (Å²) in [5, 5.41) is 15.1. The summed E-state index contributed by atoms with van der Waals surface area (Å²) < 4.78 is 18.6. The molecule has 8 heteroatoms. The number of aliphatic hydroxyl groups is 1. The molecule has 0 unspecified atom stereocenters. The normalized spacial score (nSPS) is 21.1. The number of amides is 2. The molecule has 1 aliphatic rings. The molecule has 2 amide bonds. The van der Waals surface area contributed by atoms with E-state index in [1.165, 1.54) is 0 Å². The smallest absolute Gasteiger partial charge is 0.315 e. The number of urea groups is 1. The van der Waals surface area contributed by atoms with Crippen molar-refractivity contribution in [2.45, 2.75) is 50.4 Å². The summed E-state index contributed by atoms with van der Waals surface area (Å²) >= 11 is 1.71. The van der Waals surface area contributed by atoms with E-state index in [4.69, 9.17) is 14.2 Å². The zero-order valence-corrected chi connectivity index (χ0v) is 22.9. The van der Waals surface area contributed by atoms with Crippen LogP contribution in [0.3, 0.4) is 0 Å². The summed E-state index contributed by atoms with van der Waals surface area (Å²) in [7, 11) is 1.68. The lowest BCUT2D eigenvalue weighted by Gasteiger charge is -2.41. The topological polar surface area (TPSA) is 89.1 Å². The third-order valence-corrected chi connectivity index (χ3v) is 7.78. The number of nitrogens with one attached hydrogen (secondary N) is 2. The number of ether oxygens (including phenoxy) is 3. The summed E-state index contributed by atoms with van der Waals surface area (Å²) in [6.07, 6.45) is -0.795. The standard InChI is InChI=1S/C30H36N2O5S/c1-4-31-30(34)32-17-21-9-15-24(16-10-21)29-36-26(19-38-27-8-6-5-7-25(27)35-3)20(2)28(37-29)23-13-11-22(18-33)12-14-23/h5-16,20,26,28-29,33H,4,17-19H2,1-3H3,(H2,31,32,34)/t20-,26+,28+,29+/m0/s1. The number of hydrogen-bond acceptors (Lipinski definition) is 6. The molecule has 4 atom stereocenters. The molecule has 0 aromatic heterocycles. The maximum atomic E-state index is 11.7. The highest BCUT2D eigenvalue weighted by Crippen LogP contribution is 2.43. The summed E-state index contributed by atoms with van der Waals surface area (Å²) in [6.45, 7) is 5.07. The molecule has 38 heavy (non-hydrogen) atoms. The number of methoxy groups -OCH3 is 1. The Morgan fingerprint density at radius 1 is 0.947 bits per heavy atom. The molecule has 7 nitrogen and oxygen atoms in total. The van der Waals surface area contributed by atoms with Gasteiger partial charge in [-0.05, 0) is 35.7 Å². The molecule has 202 valence electrons. The van der Waals surface area contributed by atoms with Crippen LogP contribution < -0.4 is 15.4 Å². The second-order valence-electron chi connectivity index (χ2n) is 9.24. The van der Waals surface area contributed by atoms with Crippen LogP contribution in [-0.2, 0) is 22.6 Å². The van der Waals surface area contributed by atoms with E-state index in [1.807, 2.05) is 73.7 Å². The molecule has 1 heterocycles. The fourth-order valence-electron chi connectivity index (χ4n) is 4.42. The SMILES string of the molecule is CCNC(=O)NCc1ccc([C@@H]2O[C@H](CSc3ccccc3OC)[C@H](C)[C@H](c3ccc(CO)cc3)O2)cc1. The van der Waals surface area contributed by atoms with E-state index >= 15 is 0 Å². The van der Waals surface area contributed by atoms with E-state index in [0.717, 1.165) is 38.7 Å². The van der Waals surface area contributed by atoms with Crippen LogP contribution in [0.5, 0.6) is 5.75 Å². The van der Waals surface area contributed by atoms with Crippen molar-refractivity contribution in [3.05, 3.63) is 95.1 Å². The largest absolute Gasteiger partial charge is 0.496 e. The van der Waals surface area contributed by atoms with Crippen molar-refractivity contribution >= 4 is 17.8 Å². The van der Waals surface area contributed by atoms with Gasteiger partial charge in [0.25, 0.3) is 0 Å². The number of rotatable bonds is 10. The van der Waals surface area contributed by atoms with Crippen molar-refractivity contribution in [3.8, 4) is 5.75 Å². The predicted octanol–water partition coefficient (Wildman–Crippen LogP) is 5.59. The van der Waals surface area contributed by atoms with Crippen LogP contribution >= 0.6 is 11.8 Å². The van der Waals surface area contributed by atoms with Gasteiger partial charge in [-0.15, -0.1) is 11.8 Å². The molecule has 0 bridgehead atoms. The molecule has 3 aromatic rings. The first-order valence-electron chi connectivity index (χ1n) is 12.9. The highest BCUT2D eigenvalue weighted by molar-refractivity contribution is 7.99. The van der Waals surface area contributed by atoms with Gasteiger partial charge in [0, 0.05) is 35.2 Å². The van der Waals surface area contributed by atoms with E-state index in [-0.39, 0.29) is 30.8 Å². The first kappa shape index (κ1) is 28.0. The fraction of sp³-hybridized carbons (Fsp3) is 0.367. The van der Waals surface area contributed by atoms with Crippen molar-refractivity contribution in [2.75, 3.05) is 19.4 Å². The number of thioether (sulfide) groups is 1. The minimum absolute atomic E-state index is 0.00652. The molecular weight excluding hydrogens is 500 g/mol. The average Bonchev–Trinajstić information content (AvgIpc) is 2.96. The van der Waals surface area contributed by atoms with Crippen LogP contribution in [-0.4, -0.2) is 36.6 Å². The second kappa shape index (κ2) is 13.7. The summed E-state index contributed by atoms with van der Waals surface area (Å²) in [5.74, 6) is 1.68. The zero-order valence-electron chi connectivity index (χ0n) is 22.1.